The van der Waals surface area contributed by atoms with Gasteiger partial charge in [-0.1, -0.05) is 6.07 Å². The second-order valence-electron chi connectivity index (χ2n) is 8.08. The standard InChI is InChI=1S/C23H25N7OS/c1-14(2)29-22(31)19-13-26-23(27-17-5-4-15-6-8-24-12-16(15)10-17)28-21(19)30(29)18-7-9-25-20(11-18)32-3/h4-5,7,9-11,13-14,24H,6,8,12H2,1-3H3,(H,26,27,28). The lowest BCUT2D eigenvalue weighted by molar-refractivity contribution is 0.475. The van der Waals surface area contributed by atoms with Crippen molar-refractivity contribution in [1.82, 2.24) is 29.6 Å². The van der Waals surface area contributed by atoms with E-state index in [-0.39, 0.29) is 11.6 Å². The molecule has 0 spiro atoms. The Morgan fingerprint density at radius 3 is 2.84 bits per heavy atom. The predicted octanol–water partition coefficient (Wildman–Crippen LogP) is 3.67. The van der Waals surface area contributed by atoms with E-state index in [9.17, 15) is 4.79 Å². The molecule has 0 radical (unpaired) electrons. The summed E-state index contributed by atoms with van der Waals surface area (Å²) in [5.74, 6) is 0.454. The van der Waals surface area contributed by atoms with Crippen LogP contribution in [0.5, 0.6) is 0 Å². The number of nitrogens with zero attached hydrogens (tertiary/aromatic N) is 5. The van der Waals surface area contributed by atoms with Gasteiger partial charge in [-0.25, -0.2) is 19.3 Å². The van der Waals surface area contributed by atoms with Gasteiger partial charge in [-0.05, 0) is 68.5 Å². The monoisotopic (exact) mass is 447 g/mol. The van der Waals surface area contributed by atoms with Gasteiger partial charge in [0.1, 0.15) is 5.39 Å². The normalized spacial score (nSPS) is 13.5. The van der Waals surface area contributed by atoms with Crippen LogP contribution >= 0.6 is 11.8 Å². The highest BCUT2D eigenvalue weighted by atomic mass is 32.2. The first-order chi connectivity index (χ1) is 15.5. The van der Waals surface area contributed by atoms with E-state index in [4.69, 9.17) is 4.98 Å². The van der Waals surface area contributed by atoms with E-state index in [2.05, 4.69) is 38.8 Å². The highest BCUT2D eigenvalue weighted by Gasteiger charge is 2.20. The number of benzene rings is 1. The van der Waals surface area contributed by atoms with Crippen molar-refractivity contribution in [2.45, 2.75) is 37.9 Å². The second kappa shape index (κ2) is 8.40. The number of aromatic nitrogens is 5. The quantitative estimate of drug-likeness (QED) is 0.451. The molecule has 0 bridgehead atoms. The molecule has 164 valence electrons. The molecule has 2 N–H and O–H groups in total. The number of hydrogen-bond donors (Lipinski definition) is 2. The minimum absolute atomic E-state index is 0.0489. The van der Waals surface area contributed by atoms with E-state index in [0.29, 0.717) is 17.0 Å². The van der Waals surface area contributed by atoms with Crippen molar-refractivity contribution in [2.75, 3.05) is 18.1 Å². The Morgan fingerprint density at radius 2 is 2.03 bits per heavy atom. The summed E-state index contributed by atoms with van der Waals surface area (Å²) in [6.45, 7) is 5.85. The van der Waals surface area contributed by atoms with E-state index in [1.165, 1.54) is 11.1 Å². The van der Waals surface area contributed by atoms with Crippen molar-refractivity contribution in [1.29, 1.82) is 0 Å². The average molecular weight is 448 g/mol. The van der Waals surface area contributed by atoms with Gasteiger partial charge in [-0.2, -0.15) is 4.98 Å². The number of rotatable bonds is 5. The fourth-order valence-electron chi connectivity index (χ4n) is 4.10. The van der Waals surface area contributed by atoms with E-state index in [0.717, 1.165) is 35.9 Å². The molecule has 4 aromatic rings. The minimum Gasteiger partial charge on any atom is -0.324 e. The zero-order valence-corrected chi connectivity index (χ0v) is 19.1. The van der Waals surface area contributed by atoms with Crippen LogP contribution in [0.25, 0.3) is 16.7 Å². The van der Waals surface area contributed by atoms with Gasteiger partial charge >= 0.3 is 0 Å². The fraction of sp³-hybridized carbons (Fsp3) is 0.304. The van der Waals surface area contributed by atoms with Crippen LogP contribution in [-0.4, -0.2) is 37.1 Å². The molecular weight excluding hydrogens is 422 g/mol. The molecular formula is C23H25N7OS. The van der Waals surface area contributed by atoms with Crippen molar-refractivity contribution in [3.8, 4) is 5.69 Å². The van der Waals surface area contributed by atoms with Crippen molar-refractivity contribution >= 4 is 34.4 Å². The van der Waals surface area contributed by atoms with Crippen molar-refractivity contribution < 1.29 is 0 Å². The maximum atomic E-state index is 13.2. The lowest BCUT2D eigenvalue weighted by Crippen LogP contribution is -2.24. The molecule has 0 atom stereocenters. The summed E-state index contributed by atoms with van der Waals surface area (Å²) in [7, 11) is 0. The highest BCUT2D eigenvalue weighted by Crippen LogP contribution is 2.24. The second-order valence-corrected chi connectivity index (χ2v) is 8.90. The molecule has 0 saturated carbocycles. The SMILES string of the molecule is CSc1cc(-n2c3nc(Nc4ccc5c(c4)CNCC5)ncc3c(=O)n2C(C)C)ccn1. The van der Waals surface area contributed by atoms with Gasteiger partial charge in [0.15, 0.2) is 5.65 Å². The third-order valence-corrected chi connectivity index (χ3v) is 6.28. The molecule has 1 aromatic carbocycles. The van der Waals surface area contributed by atoms with Crippen LogP contribution in [0.3, 0.4) is 0 Å². The topological polar surface area (TPSA) is 89.7 Å². The Morgan fingerprint density at radius 1 is 1.16 bits per heavy atom. The van der Waals surface area contributed by atoms with Gasteiger partial charge in [-0.15, -0.1) is 11.8 Å². The molecule has 0 unspecified atom stereocenters. The van der Waals surface area contributed by atoms with E-state index in [1.807, 2.05) is 36.9 Å². The molecule has 5 rings (SSSR count). The lowest BCUT2D eigenvalue weighted by Gasteiger charge is -2.18. The molecule has 1 aliphatic rings. The first-order valence-electron chi connectivity index (χ1n) is 10.7. The Hall–Kier alpha value is -3.17. The minimum atomic E-state index is -0.107. The molecule has 9 heteroatoms. The van der Waals surface area contributed by atoms with Crippen molar-refractivity contribution in [2.24, 2.45) is 0 Å². The Balaban J connectivity index is 1.62. The van der Waals surface area contributed by atoms with Crippen LogP contribution in [-0.2, 0) is 13.0 Å². The summed E-state index contributed by atoms with van der Waals surface area (Å²) in [5, 5.41) is 8.08. The summed E-state index contributed by atoms with van der Waals surface area (Å²) in [6.07, 6.45) is 6.38. The van der Waals surface area contributed by atoms with Crippen molar-refractivity contribution in [3.05, 3.63) is 64.2 Å². The van der Waals surface area contributed by atoms with Gasteiger partial charge in [0.05, 0.1) is 10.7 Å². The molecule has 8 nitrogen and oxygen atoms in total. The maximum absolute atomic E-state index is 13.2. The zero-order valence-electron chi connectivity index (χ0n) is 18.3. The number of fused-ring (bicyclic) bond motifs is 2. The molecule has 1 aliphatic heterocycles. The molecule has 32 heavy (non-hydrogen) atoms. The Bertz CT molecular complexity index is 1360. The van der Waals surface area contributed by atoms with Gasteiger partial charge in [0.2, 0.25) is 5.95 Å². The highest BCUT2D eigenvalue weighted by molar-refractivity contribution is 7.98. The van der Waals surface area contributed by atoms with Crippen LogP contribution in [0.4, 0.5) is 11.6 Å². The molecule has 0 saturated heterocycles. The number of hydrogen-bond acceptors (Lipinski definition) is 7. The Labute approximate surface area is 190 Å². The largest absolute Gasteiger partial charge is 0.324 e. The maximum Gasteiger partial charge on any atom is 0.278 e. The Kier molecular flexibility index (Phi) is 5.44. The number of pyridine rings is 1. The first-order valence-corrected chi connectivity index (χ1v) is 11.9. The van der Waals surface area contributed by atoms with E-state index >= 15 is 0 Å². The van der Waals surface area contributed by atoms with Gasteiger partial charge in [-0.3, -0.25) is 4.79 Å². The summed E-state index contributed by atoms with van der Waals surface area (Å²) >= 11 is 1.56. The van der Waals surface area contributed by atoms with E-state index in [1.54, 1.807) is 28.8 Å². The lowest BCUT2D eigenvalue weighted by atomic mass is 10.0. The molecule has 0 aliphatic carbocycles. The molecule has 3 aromatic heterocycles. The summed E-state index contributed by atoms with van der Waals surface area (Å²) < 4.78 is 3.58. The van der Waals surface area contributed by atoms with Crippen molar-refractivity contribution in [3.63, 3.8) is 0 Å². The van der Waals surface area contributed by atoms with Gasteiger partial charge < -0.3 is 10.6 Å². The van der Waals surface area contributed by atoms with Crippen LogP contribution < -0.4 is 16.2 Å². The average Bonchev–Trinajstić information content (AvgIpc) is 3.11. The fourth-order valence-corrected chi connectivity index (χ4v) is 4.51. The third kappa shape index (κ3) is 3.67. The number of anilines is 2. The van der Waals surface area contributed by atoms with E-state index < -0.39 is 0 Å². The van der Waals surface area contributed by atoms with Crippen LogP contribution in [0.1, 0.15) is 31.0 Å². The first kappa shape index (κ1) is 20.7. The summed E-state index contributed by atoms with van der Waals surface area (Å²) in [6, 6.07) is 10.2. The summed E-state index contributed by atoms with van der Waals surface area (Å²) in [4.78, 5) is 26.7. The van der Waals surface area contributed by atoms with Gasteiger partial charge in [0, 0.05) is 30.7 Å². The molecule has 4 heterocycles. The number of thioether (sulfide) groups is 1. The smallest absolute Gasteiger partial charge is 0.278 e. The molecule has 0 fully saturated rings. The number of nitrogens with one attached hydrogen (secondary N) is 2. The molecule has 0 amide bonds. The zero-order chi connectivity index (χ0) is 22.2. The third-order valence-electron chi connectivity index (χ3n) is 5.63. The predicted molar refractivity (Wildman–Crippen MR) is 128 cm³/mol. The summed E-state index contributed by atoms with van der Waals surface area (Å²) in [5.41, 5.74) is 4.89. The van der Waals surface area contributed by atoms with Crippen LogP contribution in [0, 0.1) is 0 Å². The van der Waals surface area contributed by atoms with Crippen LogP contribution in [0.15, 0.2) is 52.5 Å². The van der Waals surface area contributed by atoms with Crippen LogP contribution in [0.2, 0.25) is 0 Å². The van der Waals surface area contributed by atoms with Gasteiger partial charge in [0.25, 0.3) is 5.56 Å².